The third-order valence-electron chi connectivity index (χ3n) is 24.1. The van der Waals surface area contributed by atoms with Crippen LogP contribution in [0.25, 0.3) is 66.5 Å². The number of methoxy groups -OCH3 is 7. The summed E-state index contributed by atoms with van der Waals surface area (Å²) in [5.74, 6) is 5.97. The number of pyridine rings is 3. The molecule has 3 aromatic carbocycles. The van der Waals surface area contributed by atoms with Crippen LogP contribution >= 0.6 is 69.6 Å². The number of carbonyl (C=O) groups excluding carboxylic acids is 3. The van der Waals surface area contributed by atoms with Crippen LogP contribution in [0.5, 0.6) is 34.5 Å². The van der Waals surface area contributed by atoms with Crippen LogP contribution in [-0.4, -0.2) is 238 Å². The van der Waals surface area contributed by atoms with Crippen LogP contribution in [0.2, 0.25) is 30.1 Å². The average Bonchev–Trinajstić information content (AvgIpc) is 0.764. The van der Waals surface area contributed by atoms with Gasteiger partial charge in [-0.15, -0.1) is 0 Å². The monoisotopic (exact) mass is 1860 g/mol. The van der Waals surface area contributed by atoms with Crippen molar-refractivity contribution in [3.63, 3.8) is 0 Å². The first-order valence-corrected chi connectivity index (χ1v) is 44.3. The molecule has 30 nitrogen and oxygen atoms in total. The number of allylic oxidation sites excluding steroid dienone is 3. The van der Waals surface area contributed by atoms with Crippen LogP contribution in [0.1, 0.15) is 91.9 Å². The first-order chi connectivity index (χ1) is 61.0. The topological polar surface area (TPSA) is 335 Å². The van der Waals surface area contributed by atoms with E-state index in [4.69, 9.17) is 152 Å². The number of fused-ring (bicyclic) bond motifs is 3. The van der Waals surface area contributed by atoms with Crippen molar-refractivity contribution in [2.45, 2.75) is 133 Å². The maximum Gasteiger partial charge on any atom is 0.223 e. The summed E-state index contributed by atoms with van der Waals surface area (Å²) in [6.07, 6.45) is 15.5. The molecule has 8 atom stereocenters. The van der Waals surface area contributed by atoms with E-state index in [0.717, 1.165) is 48.3 Å². The van der Waals surface area contributed by atoms with Crippen molar-refractivity contribution in [1.29, 1.82) is 0 Å². The Bertz CT molecular complexity index is 5460. The van der Waals surface area contributed by atoms with E-state index >= 15 is 0 Å². The quantitative estimate of drug-likeness (QED) is 0.0331. The Hall–Kier alpha value is -9.54. The van der Waals surface area contributed by atoms with Gasteiger partial charge in [0.15, 0.2) is 34.8 Å². The van der Waals surface area contributed by atoms with Gasteiger partial charge in [0, 0.05) is 155 Å². The van der Waals surface area contributed by atoms with Gasteiger partial charge in [-0.2, -0.15) is 0 Å². The number of piperidine rings is 2. The fraction of sp³-hybridized carbons (Fsp3) is 0.473. The summed E-state index contributed by atoms with van der Waals surface area (Å²) in [5.41, 5.74) is 4.06. The van der Waals surface area contributed by atoms with Crippen molar-refractivity contribution >= 4 is 155 Å². The number of benzene rings is 3. The third kappa shape index (κ3) is 22.0. The number of rotatable bonds is 28. The van der Waals surface area contributed by atoms with Crippen molar-refractivity contribution in [2.24, 2.45) is 17.8 Å². The summed E-state index contributed by atoms with van der Waals surface area (Å²) < 4.78 is 61.9. The fourth-order valence-corrected chi connectivity index (χ4v) is 18.8. The summed E-state index contributed by atoms with van der Waals surface area (Å²) in [5, 5.41) is 25.0. The van der Waals surface area contributed by atoms with Gasteiger partial charge in [-0.25, -0.2) is 44.9 Å². The summed E-state index contributed by atoms with van der Waals surface area (Å²) in [6, 6.07) is 10.1. The Kier molecular flexibility index (Phi) is 31.7. The summed E-state index contributed by atoms with van der Waals surface area (Å²) in [7, 11) is 10.9. The minimum absolute atomic E-state index is 0.000350. The molecule has 678 valence electrons. The molecule has 4 N–H and O–H groups in total. The molecule has 9 aromatic rings. The Morgan fingerprint density at radius 3 is 1.01 bits per heavy atom. The molecule has 36 heteroatoms. The Morgan fingerprint density at radius 2 is 0.732 bits per heavy atom. The molecule has 6 fully saturated rings. The minimum atomic E-state index is -0.753. The highest BCUT2D eigenvalue weighted by Gasteiger charge is 2.38. The van der Waals surface area contributed by atoms with Gasteiger partial charge < -0.3 is 87.9 Å². The van der Waals surface area contributed by atoms with E-state index in [-0.39, 0.29) is 71.0 Å². The maximum absolute atomic E-state index is 12.1. The lowest BCUT2D eigenvalue weighted by Gasteiger charge is -2.39. The van der Waals surface area contributed by atoms with Gasteiger partial charge in [0.1, 0.15) is 51.0 Å². The van der Waals surface area contributed by atoms with Gasteiger partial charge in [-0.05, 0) is 127 Å². The van der Waals surface area contributed by atoms with Crippen molar-refractivity contribution in [1.82, 2.24) is 44.9 Å². The number of halogens is 6. The number of nitrogens with zero attached hydrogens (tertiary/aromatic N) is 12. The number of nitrogens with one attached hydrogen (secondary N) is 3. The Morgan fingerprint density at radius 1 is 0.449 bits per heavy atom. The van der Waals surface area contributed by atoms with E-state index < -0.39 is 5.60 Å². The van der Waals surface area contributed by atoms with Gasteiger partial charge in [-0.1, -0.05) is 89.3 Å². The molecular weight excluding hydrogens is 1760 g/mol. The van der Waals surface area contributed by atoms with E-state index in [1.807, 2.05) is 39.0 Å². The second-order valence-electron chi connectivity index (χ2n) is 32.8. The molecule has 12 heterocycles. The molecule has 0 bridgehead atoms. The SMILES string of the molecule is C=CC(=O)C[C@H]1CCOC[C@H]1Nc1ncc2cc(-c3c(Cl)c(OC)cc(OC)c3Cl)nc(N3CC(C)OC(C)C3)c2n1.C=CC(=O)C[C@H]1CCOC[C@H]1Nc1ncc2cc(-c3c(Cl)c(OC)cc(OC)c3Cl)nc(N3CCC(C)(O)CC3)c2n1.C=CC(=O)C[C@H]1CCOC[C@H]1Nc1ncc2cc(-c3c(Cl)c(OC)cc(OC)c3Cl)nc(N3CCC(C)(OC)CC3)c2n1. The largest absolute Gasteiger partial charge is 0.495 e. The zero-order valence-corrected chi connectivity index (χ0v) is 77.6. The number of hydrogen-bond donors (Lipinski definition) is 4. The molecule has 0 spiro atoms. The van der Waals surface area contributed by atoms with Crippen LogP contribution in [0.3, 0.4) is 0 Å². The first-order valence-electron chi connectivity index (χ1n) is 42.1. The molecule has 6 aliphatic rings. The second-order valence-corrected chi connectivity index (χ2v) is 35.0. The molecule has 2 unspecified atom stereocenters. The number of aliphatic hydroxyl groups is 1. The van der Waals surface area contributed by atoms with E-state index in [2.05, 4.69) is 72.3 Å². The normalized spacial score (nSPS) is 21.0. The Labute approximate surface area is 768 Å². The van der Waals surface area contributed by atoms with Crippen molar-refractivity contribution < 1.29 is 71.6 Å². The standard InChI is InChI=1S/C31H37Cl2N5O5.2C30H35Cl2N5O5/c1-6-20(39)13-18-7-12-43-17-22(18)36-30-34-16-19-14-21(25-26(32)23(40-3)15-24(41-4)27(25)33)35-29(28(19)37-30)38-10-8-31(2,42-5)9-11-38;1-6-20(38)9-18-7-8-41-15-22(18)35-30-33-12-19-10-21(25-26(31)23(39-4)11-24(40-5)27(25)32)34-29(28(19)36-30)37-13-16(2)42-17(3)14-37;1-5-19(38)12-17-6-11-42-16-21(17)35-29-33-15-18-13-20(24-25(31)22(40-3)14-23(41-4)26(24)32)34-28(27(18)36-29)37-9-7-30(2,39)8-10-37/h6,14-16,18,22H,1,7-13,17H2,2-5H3,(H,34,36,37);6,10-12,16-18,22H,1,7-9,13-15H2,2-5H3,(H,33,35,36);5,13-15,17,21,39H,1,6-12,16H2,2-4H3,(H,33,35,36)/t18-,22-;16?,17?,18-,22-;17-,21-/m111/s1. The van der Waals surface area contributed by atoms with Crippen molar-refractivity contribution in [3.05, 3.63) is 123 Å². The number of carbonyl (C=O) groups is 3. The second kappa shape index (κ2) is 42.4. The molecule has 15 rings (SSSR count). The minimum Gasteiger partial charge on any atom is -0.495 e. The average molecular weight is 1860 g/mol. The lowest BCUT2D eigenvalue weighted by atomic mass is 9.90. The van der Waals surface area contributed by atoms with Gasteiger partial charge in [0.05, 0.1) is 151 Å². The summed E-state index contributed by atoms with van der Waals surface area (Å²) in [4.78, 5) is 86.7. The zero-order valence-electron chi connectivity index (χ0n) is 73.0. The molecule has 6 aromatic heterocycles. The van der Waals surface area contributed by atoms with Gasteiger partial charge in [-0.3, -0.25) is 14.4 Å². The van der Waals surface area contributed by atoms with Crippen LogP contribution in [0.4, 0.5) is 35.3 Å². The van der Waals surface area contributed by atoms with Crippen LogP contribution < -0.4 is 59.1 Å². The Balaban J connectivity index is 0.000000163. The van der Waals surface area contributed by atoms with Crippen LogP contribution in [-0.2, 0) is 38.1 Å². The highest BCUT2D eigenvalue weighted by molar-refractivity contribution is 6.42. The highest BCUT2D eigenvalue weighted by atomic mass is 35.5. The van der Waals surface area contributed by atoms with Crippen molar-refractivity contribution in [2.75, 3.05) is 159 Å². The predicted molar refractivity (Wildman–Crippen MR) is 497 cm³/mol. The number of ether oxygens (including phenoxy) is 11. The van der Waals surface area contributed by atoms with Gasteiger partial charge >= 0.3 is 0 Å². The molecular formula is C91H107Cl6N15O15. The molecule has 0 amide bonds. The number of aromatic nitrogens is 9. The third-order valence-corrected chi connectivity index (χ3v) is 26.4. The van der Waals surface area contributed by atoms with E-state index in [1.54, 1.807) is 43.9 Å². The number of ketones is 3. The number of morpholine rings is 1. The van der Waals surface area contributed by atoms with Crippen molar-refractivity contribution in [3.8, 4) is 68.3 Å². The lowest BCUT2D eigenvalue weighted by molar-refractivity contribution is -0.117. The zero-order chi connectivity index (χ0) is 90.7. The maximum atomic E-state index is 12.1. The number of hydrogen-bond acceptors (Lipinski definition) is 30. The van der Waals surface area contributed by atoms with E-state index in [0.29, 0.717) is 261 Å². The predicted octanol–water partition coefficient (Wildman–Crippen LogP) is 16.9. The summed E-state index contributed by atoms with van der Waals surface area (Å²) >= 11 is 40.7. The van der Waals surface area contributed by atoms with Crippen LogP contribution in [0.15, 0.2) is 93.0 Å². The van der Waals surface area contributed by atoms with Gasteiger partial charge in [0.25, 0.3) is 0 Å². The smallest absolute Gasteiger partial charge is 0.223 e. The van der Waals surface area contributed by atoms with Gasteiger partial charge in [0.2, 0.25) is 17.8 Å². The summed E-state index contributed by atoms with van der Waals surface area (Å²) in [6.45, 7) is 25.9. The van der Waals surface area contributed by atoms with Crippen LogP contribution in [0, 0.1) is 17.8 Å². The molecule has 0 aliphatic carbocycles. The fourth-order valence-electron chi connectivity index (χ4n) is 16.7. The molecule has 6 aliphatic heterocycles. The molecule has 127 heavy (non-hydrogen) atoms. The number of anilines is 6. The highest BCUT2D eigenvalue weighted by Crippen LogP contribution is 2.51. The lowest BCUT2D eigenvalue weighted by Crippen LogP contribution is -2.46. The molecule has 0 saturated carbocycles. The van der Waals surface area contributed by atoms with E-state index in [1.165, 1.54) is 60.9 Å². The molecule has 6 saturated heterocycles. The first kappa shape index (κ1) is 95.1. The molecule has 0 radical (unpaired) electrons. The van der Waals surface area contributed by atoms with E-state index in [9.17, 15) is 19.5 Å².